The van der Waals surface area contributed by atoms with Crippen molar-refractivity contribution in [2.45, 2.75) is 32.0 Å². The van der Waals surface area contributed by atoms with Crippen LogP contribution in [0.25, 0.3) is 0 Å². The maximum atomic E-state index is 12.1. The largest absolute Gasteiger partial charge is 0.400 e. The standard InChI is InChI=1S/C9H15F3N2O.ClH/c1-5(9(10,11)12)8(15)14-4-7(13)6-2-3-6;/h5-7H,2-4,13H2,1H3,(H,14,15);1H. The Kier molecular flexibility index (Phi) is 5.55. The van der Waals surface area contributed by atoms with E-state index < -0.39 is 18.0 Å². The lowest BCUT2D eigenvalue weighted by Crippen LogP contribution is -2.43. The maximum Gasteiger partial charge on any atom is 0.400 e. The van der Waals surface area contributed by atoms with Crippen molar-refractivity contribution in [2.75, 3.05) is 6.54 Å². The van der Waals surface area contributed by atoms with Crippen LogP contribution in [-0.4, -0.2) is 24.7 Å². The molecule has 1 rings (SSSR count). The highest BCUT2D eigenvalue weighted by Gasteiger charge is 2.41. The summed E-state index contributed by atoms with van der Waals surface area (Å²) in [5.74, 6) is -2.60. The van der Waals surface area contributed by atoms with Gasteiger partial charge in [0.2, 0.25) is 5.91 Å². The number of hydrogen-bond acceptors (Lipinski definition) is 2. The average molecular weight is 261 g/mol. The SMILES string of the molecule is CC(C(=O)NCC(N)C1CC1)C(F)(F)F.Cl. The lowest BCUT2D eigenvalue weighted by Gasteiger charge is -2.17. The quantitative estimate of drug-likeness (QED) is 0.804. The zero-order valence-electron chi connectivity index (χ0n) is 8.88. The minimum atomic E-state index is -4.48. The Balaban J connectivity index is 0.00000225. The van der Waals surface area contributed by atoms with Crippen LogP contribution in [0, 0.1) is 11.8 Å². The molecule has 1 aliphatic carbocycles. The molecule has 1 saturated carbocycles. The molecule has 0 heterocycles. The van der Waals surface area contributed by atoms with Crippen molar-refractivity contribution in [3.8, 4) is 0 Å². The van der Waals surface area contributed by atoms with Crippen LogP contribution in [0.2, 0.25) is 0 Å². The molecule has 0 aromatic heterocycles. The van der Waals surface area contributed by atoms with Gasteiger partial charge in [-0.05, 0) is 25.7 Å². The van der Waals surface area contributed by atoms with Gasteiger partial charge in [-0.2, -0.15) is 13.2 Å². The van der Waals surface area contributed by atoms with Crippen LogP contribution in [0.1, 0.15) is 19.8 Å². The second-order valence-corrected chi connectivity index (χ2v) is 4.01. The molecule has 0 radical (unpaired) electrons. The summed E-state index contributed by atoms with van der Waals surface area (Å²) in [4.78, 5) is 11.1. The van der Waals surface area contributed by atoms with Crippen LogP contribution in [0.5, 0.6) is 0 Å². The molecule has 0 aromatic carbocycles. The summed E-state index contributed by atoms with van der Waals surface area (Å²) in [6, 6.07) is -0.214. The molecule has 1 fully saturated rings. The van der Waals surface area contributed by atoms with E-state index in [1.165, 1.54) is 0 Å². The third-order valence-corrected chi connectivity index (χ3v) is 2.62. The van der Waals surface area contributed by atoms with E-state index in [1.807, 2.05) is 0 Å². The topological polar surface area (TPSA) is 55.1 Å². The van der Waals surface area contributed by atoms with Crippen molar-refractivity contribution < 1.29 is 18.0 Å². The van der Waals surface area contributed by atoms with Crippen LogP contribution in [0.15, 0.2) is 0 Å². The molecule has 0 aliphatic heterocycles. The third-order valence-electron chi connectivity index (χ3n) is 2.62. The summed E-state index contributed by atoms with van der Waals surface area (Å²) >= 11 is 0. The van der Waals surface area contributed by atoms with Gasteiger partial charge < -0.3 is 11.1 Å². The molecule has 0 saturated heterocycles. The Labute approximate surface area is 98.4 Å². The number of rotatable bonds is 4. The number of halogens is 4. The second-order valence-electron chi connectivity index (χ2n) is 4.01. The van der Waals surface area contributed by atoms with E-state index >= 15 is 0 Å². The van der Waals surface area contributed by atoms with Crippen LogP contribution in [-0.2, 0) is 4.79 Å². The van der Waals surface area contributed by atoms with E-state index in [2.05, 4.69) is 5.32 Å². The summed E-state index contributed by atoms with van der Waals surface area (Å²) in [6.45, 7) is 0.974. The molecule has 1 aliphatic rings. The predicted octanol–water partition coefficient (Wildman–Crippen LogP) is 1.46. The number of amides is 1. The Morgan fingerprint density at radius 1 is 1.50 bits per heavy atom. The highest BCUT2D eigenvalue weighted by atomic mass is 35.5. The third kappa shape index (κ3) is 4.57. The molecule has 0 aromatic rings. The van der Waals surface area contributed by atoms with E-state index in [-0.39, 0.29) is 25.0 Å². The first-order valence-electron chi connectivity index (χ1n) is 4.92. The van der Waals surface area contributed by atoms with Crippen LogP contribution >= 0.6 is 12.4 Å². The number of carbonyl (C=O) groups excluding carboxylic acids is 1. The number of nitrogens with one attached hydrogen (secondary N) is 1. The minimum absolute atomic E-state index is 0. The average Bonchev–Trinajstić information content (AvgIpc) is 2.93. The first-order chi connectivity index (χ1) is 6.82. The Hall–Kier alpha value is -0.490. The number of carbonyl (C=O) groups is 1. The van der Waals surface area contributed by atoms with Gasteiger partial charge in [0.1, 0.15) is 5.92 Å². The second kappa shape index (κ2) is 5.72. The smallest absolute Gasteiger partial charge is 0.354 e. The lowest BCUT2D eigenvalue weighted by molar-refractivity contribution is -0.178. The van der Waals surface area contributed by atoms with Crippen LogP contribution in [0.3, 0.4) is 0 Å². The number of hydrogen-bond donors (Lipinski definition) is 2. The van der Waals surface area contributed by atoms with Gasteiger partial charge in [-0.25, -0.2) is 0 Å². The summed E-state index contributed by atoms with van der Waals surface area (Å²) in [5.41, 5.74) is 5.64. The Bertz CT molecular complexity index is 243. The number of nitrogens with two attached hydrogens (primary N) is 1. The zero-order valence-corrected chi connectivity index (χ0v) is 9.70. The van der Waals surface area contributed by atoms with Gasteiger partial charge in [0.05, 0.1) is 0 Å². The molecule has 7 heteroatoms. The van der Waals surface area contributed by atoms with E-state index in [0.717, 1.165) is 19.8 Å². The molecule has 1 amide bonds. The van der Waals surface area contributed by atoms with Crippen molar-refractivity contribution in [1.29, 1.82) is 0 Å². The van der Waals surface area contributed by atoms with Crippen molar-refractivity contribution in [2.24, 2.45) is 17.6 Å². The minimum Gasteiger partial charge on any atom is -0.354 e. The van der Waals surface area contributed by atoms with Crippen molar-refractivity contribution in [3.63, 3.8) is 0 Å². The van der Waals surface area contributed by atoms with Gasteiger partial charge in [0.15, 0.2) is 0 Å². The van der Waals surface area contributed by atoms with Crippen LogP contribution in [0.4, 0.5) is 13.2 Å². The van der Waals surface area contributed by atoms with Crippen molar-refractivity contribution in [3.05, 3.63) is 0 Å². The molecule has 0 spiro atoms. The molecule has 0 bridgehead atoms. The zero-order chi connectivity index (χ0) is 11.6. The van der Waals surface area contributed by atoms with Gasteiger partial charge in [-0.1, -0.05) is 0 Å². The molecule has 16 heavy (non-hydrogen) atoms. The molecular weight excluding hydrogens is 245 g/mol. The summed E-state index contributed by atoms with van der Waals surface area (Å²) < 4.78 is 36.3. The predicted molar refractivity (Wildman–Crippen MR) is 56.2 cm³/mol. The van der Waals surface area contributed by atoms with E-state index in [9.17, 15) is 18.0 Å². The molecular formula is C9H16ClF3N2O. The van der Waals surface area contributed by atoms with E-state index in [0.29, 0.717) is 5.92 Å². The summed E-state index contributed by atoms with van der Waals surface area (Å²) in [6.07, 6.45) is -2.47. The molecule has 3 N–H and O–H groups in total. The molecule has 2 unspecified atom stereocenters. The van der Waals surface area contributed by atoms with Crippen LogP contribution < -0.4 is 11.1 Å². The monoisotopic (exact) mass is 260 g/mol. The van der Waals surface area contributed by atoms with Crippen molar-refractivity contribution >= 4 is 18.3 Å². The van der Waals surface area contributed by atoms with Gasteiger partial charge in [0, 0.05) is 12.6 Å². The molecule has 96 valence electrons. The number of alkyl halides is 3. The van der Waals surface area contributed by atoms with Gasteiger partial charge >= 0.3 is 6.18 Å². The Morgan fingerprint density at radius 2 is 2.00 bits per heavy atom. The van der Waals surface area contributed by atoms with Gasteiger partial charge in [-0.15, -0.1) is 12.4 Å². The fourth-order valence-electron chi connectivity index (χ4n) is 1.21. The van der Waals surface area contributed by atoms with E-state index in [1.54, 1.807) is 0 Å². The fraction of sp³-hybridized carbons (Fsp3) is 0.889. The Morgan fingerprint density at radius 3 is 2.38 bits per heavy atom. The highest BCUT2D eigenvalue weighted by Crippen LogP contribution is 2.31. The fourth-order valence-corrected chi connectivity index (χ4v) is 1.21. The molecule has 3 nitrogen and oxygen atoms in total. The summed E-state index contributed by atoms with van der Waals surface area (Å²) in [5, 5.41) is 2.23. The van der Waals surface area contributed by atoms with E-state index in [4.69, 9.17) is 5.73 Å². The van der Waals surface area contributed by atoms with Gasteiger partial charge in [0.25, 0.3) is 0 Å². The highest BCUT2D eigenvalue weighted by molar-refractivity contribution is 5.85. The maximum absolute atomic E-state index is 12.1. The van der Waals surface area contributed by atoms with Gasteiger partial charge in [-0.3, -0.25) is 4.79 Å². The molecule has 2 atom stereocenters. The first-order valence-corrected chi connectivity index (χ1v) is 4.92. The lowest BCUT2D eigenvalue weighted by atomic mass is 10.1. The van der Waals surface area contributed by atoms with Crippen molar-refractivity contribution in [1.82, 2.24) is 5.32 Å². The normalized spacial score (nSPS) is 19.6. The first kappa shape index (κ1) is 15.5. The summed E-state index contributed by atoms with van der Waals surface area (Å²) in [7, 11) is 0.